The molecule has 1 atom stereocenters. The van der Waals surface area contributed by atoms with E-state index in [1.807, 2.05) is 0 Å². The van der Waals surface area contributed by atoms with Crippen LogP contribution in [0.3, 0.4) is 0 Å². The minimum Gasteiger partial charge on any atom is -0.366 e. The summed E-state index contributed by atoms with van der Waals surface area (Å²) in [5.41, 5.74) is 0. The standard InChI is InChI=1S/C3H5O4/c4-2-1-6-3(5)7-2/h2,4-5H,1H2. The number of hydrogen-bond donors (Lipinski definition) is 2. The van der Waals surface area contributed by atoms with E-state index in [1.54, 1.807) is 0 Å². The summed E-state index contributed by atoms with van der Waals surface area (Å²) in [7, 11) is 0. The summed E-state index contributed by atoms with van der Waals surface area (Å²) in [6.45, 7) is -0.529. The number of aliphatic hydroxyl groups is 2. The van der Waals surface area contributed by atoms with Gasteiger partial charge in [0, 0.05) is 0 Å². The Labute approximate surface area is 40.3 Å². The molecule has 1 saturated heterocycles. The first-order chi connectivity index (χ1) is 3.29. The Morgan fingerprint density at radius 3 is 2.57 bits per heavy atom. The van der Waals surface area contributed by atoms with Gasteiger partial charge in [-0.15, -0.1) is 0 Å². The summed E-state index contributed by atoms with van der Waals surface area (Å²) >= 11 is 0. The van der Waals surface area contributed by atoms with Crippen LogP contribution in [-0.4, -0.2) is 23.1 Å². The van der Waals surface area contributed by atoms with Gasteiger partial charge in [-0.3, -0.25) is 4.74 Å². The molecule has 7 heavy (non-hydrogen) atoms. The van der Waals surface area contributed by atoms with Gasteiger partial charge in [0.2, 0.25) is 0 Å². The van der Waals surface area contributed by atoms with Crippen LogP contribution >= 0.6 is 0 Å². The number of hydrogen-bond acceptors (Lipinski definition) is 4. The molecule has 1 rings (SSSR count). The lowest BCUT2D eigenvalue weighted by atomic mass is 10.7. The van der Waals surface area contributed by atoms with Crippen LogP contribution in [0.15, 0.2) is 0 Å². The van der Waals surface area contributed by atoms with Gasteiger partial charge in [0.05, 0.1) is 0 Å². The Morgan fingerprint density at radius 1 is 1.71 bits per heavy atom. The Balaban J connectivity index is 2.26. The number of rotatable bonds is 0. The summed E-state index contributed by atoms with van der Waals surface area (Å²) in [6.07, 6.45) is -0.986. The van der Waals surface area contributed by atoms with E-state index in [2.05, 4.69) is 9.47 Å². The van der Waals surface area contributed by atoms with E-state index in [-0.39, 0.29) is 6.61 Å². The Hall–Kier alpha value is -0.160. The Bertz CT molecular complexity index is 56.0. The zero-order valence-electron chi connectivity index (χ0n) is 3.50. The second-order valence-corrected chi connectivity index (χ2v) is 1.15. The molecule has 0 saturated carbocycles. The van der Waals surface area contributed by atoms with Crippen LogP contribution in [0.4, 0.5) is 0 Å². The third-order valence-corrected chi connectivity index (χ3v) is 0.586. The zero-order valence-corrected chi connectivity index (χ0v) is 3.50. The van der Waals surface area contributed by atoms with Crippen molar-refractivity contribution >= 4 is 0 Å². The highest BCUT2D eigenvalue weighted by Gasteiger charge is 2.23. The molecule has 0 amide bonds. The maximum Gasteiger partial charge on any atom is 0.370 e. The summed E-state index contributed by atoms with van der Waals surface area (Å²) in [5.74, 6) is 0. The van der Waals surface area contributed by atoms with E-state index in [4.69, 9.17) is 10.2 Å². The second-order valence-electron chi connectivity index (χ2n) is 1.15. The summed E-state index contributed by atoms with van der Waals surface area (Å²) in [6, 6.07) is 0. The average molecular weight is 105 g/mol. The molecule has 0 aromatic carbocycles. The van der Waals surface area contributed by atoms with Crippen LogP contribution in [0, 0.1) is 6.48 Å². The van der Waals surface area contributed by atoms with Crippen LogP contribution in [0.1, 0.15) is 0 Å². The first-order valence-corrected chi connectivity index (χ1v) is 1.82. The van der Waals surface area contributed by atoms with E-state index in [9.17, 15) is 0 Å². The molecule has 41 valence electrons. The van der Waals surface area contributed by atoms with Gasteiger partial charge >= 0.3 is 6.48 Å². The molecule has 1 unspecified atom stereocenters. The maximum absolute atomic E-state index is 8.37. The molecular weight excluding hydrogens is 100 g/mol. The van der Waals surface area contributed by atoms with Crippen molar-refractivity contribution in [1.82, 2.24) is 0 Å². The first kappa shape index (κ1) is 4.99. The minimum atomic E-state index is -0.986. The quantitative estimate of drug-likeness (QED) is 0.422. The highest BCUT2D eigenvalue weighted by molar-refractivity contribution is 4.55. The predicted molar refractivity (Wildman–Crippen MR) is 18.2 cm³/mol. The fourth-order valence-corrected chi connectivity index (χ4v) is 0.327. The van der Waals surface area contributed by atoms with Crippen LogP contribution in [0.5, 0.6) is 0 Å². The molecule has 1 radical (unpaired) electrons. The fraction of sp³-hybridized carbons (Fsp3) is 0.667. The molecule has 0 aromatic rings. The van der Waals surface area contributed by atoms with Crippen LogP contribution in [0.25, 0.3) is 0 Å². The minimum absolute atomic E-state index is 0.0197. The lowest BCUT2D eigenvalue weighted by Gasteiger charge is -1.93. The van der Waals surface area contributed by atoms with Crippen LogP contribution < -0.4 is 0 Å². The van der Waals surface area contributed by atoms with Gasteiger partial charge < -0.3 is 14.9 Å². The molecule has 1 aliphatic rings. The van der Waals surface area contributed by atoms with Crippen molar-refractivity contribution in [3.63, 3.8) is 0 Å². The van der Waals surface area contributed by atoms with Gasteiger partial charge in [0.1, 0.15) is 6.61 Å². The van der Waals surface area contributed by atoms with E-state index in [0.717, 1.165) is 0 Å². The molecule has 0 aromatic heterocycles. The molecule has 1 aliphatic heterocycles. The molecule has 4 heteroatoms. The molecule has 0 aliphatic carbocycles. The highest BCUT2D eigenvalue weighted by atomic mass is 16.9. The van der Waals surface area contributed by atoms with Crippen molar-refractivity contribution in [3.05, 3.63) is 6.48 Å². The molecule has 1 heterocycles. The van der Waals surface area contributed by atoms with Gasteiger partial charge in [-0.1, -0.05) is 0 Å². The number of aliphatic hydroxyl groups excluding tert-OH is 2. The van der Waals surface area contributed by atoms with Gasteiger partial charge in [-0.25, -0.2) is 0 Å². The van der Waals surface area contributed by atoms with Crippen LogP contribution in [-0.2, 0) is 9.47 Å². The molecular formula is C3H5O4. The lowest BCUT2D eigenvalue weighted by Crippen LogP contribution is -2.06. The summed E-state index contributed by atoms with van der Waals surface area (Å²) < 4.78 is 8.43. The molecule has 1 fully saturated rings. The van der Waals surface area contributed by atoms with Crippen molar-refractivity contribution in [2.75, 3.05) is 6.61 Å². The van der Waals surface area contributed by atoms with Gasteiger partial charge in [0.15, 0.2) is 6.29 Å². The Kier molecular flexibility index (Phi) is 1.25. The van der Waals surface area contributed by atoms with Gasteiger partial charge in [-0.2, -0.15) is 0 Å². The van der Waals surface area contributed by atoms with Gasteiger partial charge in [0.25, 0.3) is 0 Å². The highest BCUT2D eigenvalue weighted by Crippen LogP contribution is 2.11. The Morgan fingerprint density at radius 2 is 2.43 bits per heavy atom. The van der Waals surface area contributed by atoms with Crippen molar-refractivity contribution in [2.45, 2.75) is 6.29 Å². The zero-order chi connectivity index (χ0) is 5.28. The van der Waals surface area contributed by atoms with Crippen molar-refractivity contribution in [1.29, 1.82) is 0 Å². The number of ether oxygens (including phenoxy) is 2. The van der Waals surface area contributed by atoms with Crippen molar-refractivity contribution in [3.8, 4) is 0 Å². The van der Waals surface area contributed by atoms with E-state index in [1.165, 1.54) is 0 Å². The van der Waals surface area contributed by atoms with Crippen LogP contribution in [0.2, 0.25) is 0 Å². The summed E-state index contributed by atoms with van der Waals surface area (Å²) in [5, 5.41) is 16.6. The third kappa shape index (κ3) is 1.10. The smallest absolute Gasteiger partial charge is 0.366 e. The van der Waals surface area contributed by atoms with Crippen molar-refractivity contribution in [2.24, 2.45) is 0 Å². The third-order valence-electron chi connectivity index (χ3n) is 0.586. The van der Waals surface area contributed by atoms with E-state index >= 15 is 0 Å². The van der Waals surface area contributed by atoms with E-state index < -0.39 is 12.8 Å². The largest absolute Gasteiger partial charge is 0.370 e. The fourth-order valence-electron chi connectivity index (χ4n) is 0.327. The summed E-state index contributed by atoms with van der Waals surface area (Å²) in [4.78, 5) is 0. The SMILES string of the molecule is O[C]1OCC(O)O1. The maximum atomic E-state index is 8.37. The average Bonchev–Trinajstić information content (AvgIpc) is 1.87. The van der Waals surface area contributed by atoms with Gasteiger partial charge in [-0.05, 0) is 0 Å². The monoisotopic (exact) mass is 105 g/mol. The predicted octanol–water partition coefficient (Wildman–Crippen LogP) is -0.829. The molecule has 4 nitrogen and oxygen atoms in total. The molecule has 2 N–H and O–H groups in total. The van der Waals surface area contributed by atoms with Crippen molar-refractivity contribution < 1.29 is 19.7 Å². The second kappa shape index (κ2) is 1.75. The lowest BCUT2D eigenvalue weighted by molar-refractivity contribution is -0.129. The molecule has 0 bridgehead atoms. The topological polar surface area (TPSA) is 58.9 Å². The first-order valence-electron chi connectivity index (χ1n) is 1.82. The molecule has 0 spiro atoms. The van der Waals surface area contributed by atoms with E-state index in [0.29, 0.717) is 0 Å². The normalized spacial score (nSPS) is 34.3.